The van der Waals surface area contributed by atoms with Crippen molar-refractivity contribution in [2.24, 2.45) is 0 Å². The molecule has 5 nitrogen and oxygen atoms in total. The second-order valence-corrected chi connectivity index (χ2v) is 5.15. The molecular weight excluding hydrogens is 288 g/mol. The van der Waals surface area contributed by atoms with Crippen LogP contribution in [0, 0.1) is 6.92 Å². The summed E-state index contributed by atoms with van der Waals surface area (Å²) in [5.41, 5.74) is 7.50. The number of hydrogen-bond acceptors (Lipinski definition) is 5. The molecule has 21 heavy (non-hydrogen) atoms. The van der Waals surface area contributed by atoms with Gasteiger partial charge >= 0.3 is 0 Å². The lowest BCUT2D eigenvalue weighted by molar-refractivity contribution is 0.417. The highest BCUT2D eigenvalue weighted by atomic mass is 35.5. The molecule has 0 amide bonds. The van der Waals surface area contributed by atoms with E-state index in [2.05, 4.69) is 22.2 Å². The SMILES string of the molecule is CCCc1nc(N)c(C)c(Nc2cc(Cl)ccc2OC)n1. The highest BCUT2D eigenvalue weighted by molar-refractivity contribution is 6.31. The number of benzene rings is 1. The van der Waals surface area contributed by atoms with Gasteiger partial charge in [-0.15, -0.1) is 0 Å². The molecule has 2 rings (SSSR count). The van der Waals surface area contributed by atoms with E-state index >= 15 is 0 Å². The molecule has 0 bridgehead atoms. The van der Waals surface area contributed by atoms with Gasteiger partial charge in [0.05, 0.1) is 12.8 Å². The maximum atomic E-state index is 6.04. The fourth-order valence-electron chi connectivity index (χ4n) is 1.94. The quantitative estimate of drug-likeness (QED) is 0.880. The third-order valence-electron chi connectivity index (χ3n) is 3.12. The highest BCUT2D eigenvalue weighted by Gasteiger charge is 2.11. The maximum absolute atomic E-state index is 6.04. The molecule has 0 aliphatic carbocycles. The number of nitrogens with zero attached hydrogens (tertiary/aromatic N) is 2. The number of anilines is 3. The number of aryl methyl sites for hydroxylation is 1. The van der Waals surface area contributed by atoms with Crippen molar-refractivity contribution in [1.82, 2.24) is 9.97 Å². The molecule has 6 heteroatoms. The van der Waals surface area contributed by atoms with Crippen molar-refractivity contribution in [2.75, 3.05) is 18.2 Å². The van der Waals surface area contributed by atoms with Crippen molar-refractivity contribution in [3.05, 3.63) is 34.6 Å². The van der Waals surface area contributed by atoms with Crippen LogP contribution in [0.15, 0.2) is 18.2 Å². The number of rotatable bonds is 5. The van der Waals surface area contributed by atoms with Crippen LogP contribution in [0.3, 0.4) is 0 Å². The molecule has 112 valence electrons. The van der Waals surface area contributed by atoms with Crippen LogP contribution in [0.25, 0.3) is 0 Å². The summed E-state index contributed by atoms with van der Waals surface area (Å²) < 4.78 is 5.32. The van der Waals surface area contributed by atoms with Crippen LogP contribution < -0.4 is 15.8 Å². The molecule has 1 aromatic heterocycles. The topological polar surface area (TPSA) is 73.1 Å². The largest absolute Gasteiger partial charge is 0.495 e. The standard InChI is InChI=1S/C15H19ClN4O/c1-4-5-13-19-14(17)9(2)15(20-13)18-11-8-10(16)6-7-12(11)21-3/h6-8H,4-5H2,1-3H3,(H3,17,18,19,20). The number of halogens is 1. The van der Waals surface area contributed by atoms with Gasteiger partial charge in [-0.05, 0) is 31.5 Å². The Balaban J connectivity index is 2.41. The average Bonchev–Trinajstić information content (AvgIpc) is 2.45. The van der Waals surface area contributed by atoms with Gasteiger partial charge in [0.15, 0.2) is 0 Å². The molecule has 0 saturated carbocycles. The zero-order chi connectivity index (χ0) is 15.4. The maximum Gasteiger partial charge on any atom is 0.142 e. The van der Waals surface area contributed by atoms with Gasteiger partial charge in [-0.25, -0.2) is 9.97 Å². The van der Waals surface area contributed by atoms with Crippen molar-refractivity contribution < 1.29 is 4.74 Å². The number of nitrogen functional groups attached to an aromatic ring is 1. The number of ether oxygens (including phenoxy) is 1. The van der Waals surface area contributed by atoms with Gasteiger partial charge in [0.25, 0.3) is 0 Å². The minimum Gasteiger partial charge on any atom is -0.495 e. The van der Waals surface area contributed by atoms with E-state index in [1.807, 2.05) is 6.92 Å². The molecule has 0 aliphatic rings. The Morgan fingerprint density at radius 2 is 2.10 bits per heavy atom. The summed E-state index contributed by atoms with van der Waals surface area (Å²) in [5.74, 6) is 2.57. The first-order valence-electron chi connectivity index (χ1n) is 6.78. The monoisotopic (exact) mass is 306 g/mol. The van der Waals surface area contributed by atoms with E-state index in [-0.39, 0.29) is 0 Å². The summed E-state index contributed by atoms with van der Waals surface area (Å²) in [7, 11) is 1.61. The van der Waals surface area contributed by atoms with Gasteiger partial charge in [0, 0.05) is 17.0 Å². The van der Waals surface area contributed by atoms with E-state index in [0.717, 1.165) is 29.9 Å². The summed E-state index contributed by atoms with van der Waals surface area (Å²) in [5, 5.41) is 3.85. The number of methoxy groups -OCH3 is 1. The molecule has 1 heterocycles. The first kappa shape index (κ1) is 15.4. The van der Waals surface area contributed by atoms with Crippen molar-refractivity contribution in [3.63, 3.8) is 0 Å². The van der Waals surface area contributed by atoms with E-state index in [0.29, 0.717) is 22.4 Å². The van der Waals surface area contributed by atoms with Gasteiger partial charge in [-0.3, -0.25) is 0 Å². The zero-order valence-electron chi connectivity index (χ0n) is 12.4. The molecule has 0 fully saturated rings. The molecule has 2 aromatic rings. The van der Waals surface area contributed by atoms with Crippen molar-refractivity contribution in [1.29, 1.82) is 0 Å². The molecular formula is C15H19ClN4O. The predicted molar refractivity (Wildman–Crippen MR) is 86.5 cm³/mol. The fraction of sp³-hybridized carbons (Fsp3) is 0.333. The summed E-state index contributed by atoms with van der Waals surface area (Å²) in [6, 6.07) is 5.37. The third-order valence-corrected chi connectivity index (χ3v) is 3.35. The van der Waals surface area contributed by atoms with Crippen LogP contribution in [0.5, 0.6) is 5.75 Å². The minimum atomic E-state index is 0.483. The normalized spacial score (nSPS) is 10.5. The molecule has 0 atom stereocenters. The molecule has 0 radical (unpaired) electrons. The van der Waals surface area contributed by atoms with E-state index < -0.39 is 0 Å². The van der Waals surface area contributed by atoms with Gasteiger partial charge in [0.2, 0.25) is 0 Å². The summed E-state index contributed by atoms with van der Waals surface area (Å²) in [6.07, 6.45) is 1.74. The Morgan fingerprint density at radius 1 is 1.33 bits per heavy atom. The van der Waals surface area contributed by atoms with Crippen LogP contribution in [0.1, 0.15) is 24.7 Å². The highest BCUT2D eigenvalue weighted by Crippen LogP contribution is 2.31. The molecule has 0 aliphatic heterocycles. The molecule has 0 spiro atoms. The molecule has 3 N–H and O–H groups in total. The van der Waals surface area contributed by atoms with Gasteiger partial charge in [0.1, 0.15) is 23.2 Å². The zero-order valence-corrected chi connectivity index (χ0v) is 13.2. The van der Waals surface area contributed by atoms with Crippen LogP contribution in [-0.2, 0) is 6.42 Å². The van der Waals surface area contributed by atoms with Crippen LogP contribution >= 0.6 is 11.6 Å². The molecule has 1 aromatic carbocycles. The summed E-state index contributed by atoms with van der Waals surface area (Å²) in [4.78, 5) is 8.82. The number of nitrogens with two attached hydrogens (primary N) is 1. The average molecular weight is 307 g/mol. The summed E-state index contributed by atoms with van der Waals surface area (Å²) >= 11 is 6.04. The van der Waals surface area contributed by atoms with E-state index in [1.54, 1.807) is 25.3 Å². The van der Waals surface area contributed by atoms with E-state index in [1.165, 1.54) is 0 Å². The third kappa shape index (κ3) is 3.55. The van der Waals surface area contributed by atoms with Crippen molar-refractivity contribution in [2.45, 2.75) is 26.7 Å². The second-order valence-electron chi connectivity index (χ2n) is 4.72. The minimum absolute atomic E-state index is 0.483. The van der Waals surface area contributed by atoms with E-state index in [9.17, 15) is 0 Å². The van der Waals surface area contributed by atoms with Gasteiger partial charge < -0.3 is 15.8 Å². The number of nitrogens with one attached hydrogen (secondary N) is 1. The Bertz CT molecular complexity index is 646. The lowest BCUT2D eigenvalue weighted by Crippen LogP contribution is -2.07. The predicted octanol–water partition coefficient (Wildman–Crippen LogP) is 3.73. The van der Waals surface area contributed by atoms with Crippen molar-refractivity contribution in [3.8, 4) is 5.75 Å². The van der Waals surface area contributed by atoms with Gasteiger partial charge in [-0.2, -0.15) is 0 Å². The fourth-order valence-corrected chi connectivity index (χ4v) is 2.12. The van der Waals surface area contributed by atoms with Crippen LogP contribution in [-0.4, -0.2) is 17.1 Å². The smallest absolute Gasteiger partial charge is 0.142 e. The Labute approximate surface area is 129 Å². The van der Waals surface area contributed by atoms with E-state index in [4.69, 9.17) is 22.1 Å². The van der Waals surface area contributed by atoms with Crippen molar-refractivity contribution >= 4 is 28.9 Å². The van der Waals surface area contributed by atoms with Gasteiger partial charge in [-0.1, -0.05) is 18.5 Å². The Hall–Kier alpha value is -2.01. The second kappa shape index (κ2) is 6.63. The lowest BCUT2D eigenvalue weighted by Gasteiger charge is -2.14. The van der Waals surface area contributed by atoms with Crippen LogP contribution in [0.2, 0.25) is 5.02 Å². The number of hydrogen-bond donors (Lipinski definition) is 2. The molecule has 0 unspecified atom stereocenters. The first-order chi connectivity index (χ1) is 10.0. The molecule has 0 saturated heterocycles. The van der Waals surface area contributed by atoms with Crippen LogP contribution in [0.4, 0.5) is 17.3 Å². The Kier molecular flexibility index (Phi) is 4.85. The number of aromatic nitrogens is 2. The first-order valence-corrected chi connectivity index (χ1v) is 7.16. The summed E-state index contributed by atoms with van der Waals surface area (Å²) in [6.45, 7) is 3.96. The lowest BCUT2D eigenvalue weighted by atomic mass is 10.2. The Morgan fingerprint density at radius 3 is 2.76 bits per heavy atom.